The molecule has 0 spiro atoms. The molecular formula is C63H54N3OPt-. The molecule has 10 rings (SSSR count). The predicted molar refractivity (Wildman–Crippen MR) is 280 cm³/mol. The molecule has 0 aliphatic rings. The number of hydrogen-bond donors (Lipinski definition) is 1. The molecule has 68 heavy (non-hydrogen) atoms. The molecular weight excluding hydrogens is 1010 g/mol. The number of nitrogens with zero attached hydrogens (tertiary/aromatic N) is 3. The van der Waals surface area contributed by atoms with Gasteiger partial charge in [-0.2, -0.15) is 0 Å². The number of hydrogen-bond acceptors (Lipinski definition) is 3. The molecule has 5 heteroatoms. The smallest absolute Gasteiger partial charge is 0.148 e. The number of benzene rings is 8. The van der Waals surface area contributed by atoms with Crippen LogP contribution in [0.4, 0.5) is 0 Å². The van der Waals surface area contributed by atoms with Crippen LogP contribution in [0, 0.1) is 12.9 Å². The summed E-state index contributed by atoms with van der Waals surface area (Å²) in [7, 11) is 0. The number of aryl methyl sites for hydroxylation is 1. The maximum atomic E-state index is 12.3. The number of aromatic nitrogens is 3. The maximum Gasteiger partial charge on any atom is 0.148 e. The van der Waals surface area contributed by atoms with Gasteiger partial charge in [-0.1, -0.05) is 204 Å². The number of phenols is 1. The van der Waals surface area contributed by atoms with E-state index in [2.05, 4.69) is 137 Å². The Kier molecular flexibility index (Phi) is 11.5. The van der Waals surface area contributed by atoms with Crippen molar-refractivity contribution in [1.29, 1.82) is 0 Å². The molecule has 4 nitrogen and oxygen atoms in total. The second-order valence-corrected chi connectivity index (χ2v) is 19.4. The van der Waals surface area contributed by atoms with Crippen molar-refractivity contribution in [1.82, 2.24) is 14.5 Å². The summed E-state index contributed by atoms with van der Waals surface area (Å²) >= 11 is 0. The van der Waals surface area contributed by atoms with Crippen molar-refractivity contribution in [3.8, 4) is 89.7 Å². The van der Waals surface area contributed by atoms with E-state index in [0.29, 0.717) is 28.2 Å². The number of pyridine rings is 1. The molecule has 0 radical (unpaired) electrons. The fourth-order valence-electron chi connectivity index (χ4n) is 9.12. The summed E-state index contributed by atoms with van der Waals surface area (Å²) in [5, 5.41) is 12.3. The molecule has 0 unspecified atom stereocenters. The van der Waals surface area contributed by atoms with E-state index < -0.39 is 6.85 Å². The number of aromatic hydroxyl groups is 1. The summed E-state index contributed by atoms with van der Waals surface area (Å²) in [5.74, 6) is 0.822. The molecule has 0 fully saturated rings. The fraction of sp³-hybridized carbons (Fsp3) is 0.143. The molecule has 8 aromatic carbocycles. The summed E-state index contributed by atoms with van der Waals surface area (Å²) < 4.78 is 27.7. The Balaban J connectivity index is 0.00000624. The van der Waals surface area contributed by atoms with E-state index in [1.54, 1.807) is 12.3 Å². The second kappa shape index (κ2) is 18.5. The van der Waals surface area contributed by atoms with Crippen LogP contribution in [0.2, 0.25) is 0 Å². The maximum absolute atomic E-state index is 12.3. The number of imidazole rings is 1. The minimum atomic E-state index is -2.33. The molecule has 0 atom stereocenters. The van der Waals surface area contributed by atoms with Crippen LogP contribution < -0.4 is 0 Å². The van der Waals surface area contributed by atoms with Gasteiger partial charge in [-0.05, 0) is 98.1 Å². The van der Waals surface area contributed by atoms with Gasteiger partial charge in [-0.25, -0.2) is 4.98 Å². The molecule has 0 saturated carbocycles. The largest absolute Gasteiger partial charge is 0.507 e. The van der Waals surface area contributed by atoms with Gasteiger partial charge in [0.25, 0.3) is 0 Å². The van der Waals surface area contributed by atoms with Gasteiger partial charge in [0.05, 0.1) is 22.3 Å². The zero-order valence-corrected chi connectivity index (χ0v) is 41.4. The van der Waals surface area contributed by atoms with Crippen LogP contribution in [0.5, 0.6) is 5.75 Å². The van der Waals surface area contributed by atoms with E-state index in [-0.39, 0.29) is 37.6 Å². The van der Waals surface area contributed by atoms with Crippen molar-refractivity contribution < 1.29 is 30.3 Å². The van der Waals surface area contributed by atoms with Crippen LogP contribution in [0.1, 0.15) is 62.3 Å². The number of fused-ring (bicyclic) bond motifs is 1. The van der Waals surface area contributed by atoms with E-state index in [1.165, 1.54) is 5.56 Å². The van der Waals surface area contributed by atoms with Gasteiger partial charge in [0.2, 0.25) is 0 Å². The van der Waals surface area contributed by atoms with E-state index >= 15 is 0 Å². The first kappa shape index (κ1) is 42.2. The van der Waals surface area contributed by atoms with Crippen molar-refractivity contribution in [3.63, 3.8) is 0 Å². The van der Waals surface area contributed by atoms with Crippen LogP contribution in [-0.2, 0) is 31.9 Å². The molecule has 0 amide bonds. The van der Waals surface area contributed by atoms with Gasteiger partial charge < -0.3 is 5.11 Å². The van der Waals surface area contributed by atoms with Gasteiger partial charge in [-0.3, -0.25) is 9.55 Å². The monoisotopic (exact) mass is 1070 g/mol. The first-order valence-electron chi connectivity index (χ1n) is 24.4. The number of phenolic OH excluding ortho intramolecular Hbond substituents is 1. The van der Waals surface area contributed by atoms with Crippen molar-refractivity contribution in [2.75, 3.05) is 0 Å². The van der Waals surface area contributed by atoms with Gasteiger partial charge >= 0.3 is 0 Å². The molecule has 0 aliphatic heterocycles. The zero-order chi connectivity index (χ0) is 49.0. The molecule has 0 bridgehead atoms. The Hall–Kier alpha value is -7.13. The molecule has 1 N–H and O–H groups in total. The van der Waals surface area contributed by atoms with E-state index in [0.717, 1.165) is 77.9 Å². The van der Waals surface area contributed by atoms with Crippen LogP contribution in [0.15, 0.2) is 194 Å². The summed E-state index contributed by atoms with van der Waals surface area (Å²) in [5.41, 5.74) is 15.5. The van der Waals surface area contributed by atoms with Gasteiger partial charge in [0.1, 0.15) is 11.6 Å². The van der Waals surface area contributed by atoms with Crippen LogP contribution in [0.25, 0.3) is 95.0 Å². The number of para-hydroxylation sites is 2. The fourth-order valence-corrected chi connectivity index (χ4v) is 9.12. The SMILES string of the molecule is [2H]C([2H])([2H])c1cc(-c2ccnc(-c3[c-]c(-c4cccc5c4nc(-c4cccc(C(C)(C)C)c4O)n5-c4ccc(C(C)(C)C)cc4-c4ccccc4)cc(-c4ccccc4)c3)c2)ccc1-c1ccccc1.[Pt]. The summed E-state index contributed by atoms with van der Waals surface area (Å²) in [6, 6.07) is 67.0. The third kappa shape index (κ3) is 8.90. The first-order valence-corrected chi connectivity index (χ1v) is 22.9. The van der Waals surface area contributed by atoms with Crippen LogP contribution in [-0.4, -0.2) is 19.6 Å². The normalized spacial score (nSPS) is 12.5. The summed E-state index contributed by atoms with van der Waals surface area (Å²) in [6.07, 6.45) is 1.77. The zero-order valence-electron chi connectivity index (χ0n) is 42.1. The molecule has 2 aromatic heterocycles. The van der Waals surface area contributed by atoms with Gasteiger partial charge in [-0.15, -0.1) is 23.8 Å². The van der Waals surface area contributed by atoms with E-state index in [4.69, 9.17) is 14.1 Å². The van der Waals surface area contributed by atoms with Crippen LogP contribution >= 0.6 is 0 Å². The third-order valence-corrected chi connectivity index (χ3v) is 12.7. The Morgan fingerprint density at radius 2 is 1.15 bits per heavy atom. The van der Waals surface area contributed by atoms with Crippen LogP contribution in [0.3, 0.4) is 0 Å². The quantitative estimate of drug-likeness (QED) is 0.154. The Labute approximate surface area is 419 Å². The van der Waals surface area contributed by atoms with Crippen molar-refractivity contribution in [3.05, 3.63) is 217 Å². The number of rotatable bonds is 8. The average molecular weight is 1070 g/mol. The Morgan fingerprint density at radius 3 is 1.82 bits per heavy atom. The minimum absolute atomic E-state index is 0. The summed E-state index contributed by atoms with van der Waals surface area (Å²) in [4.78, 5) is 10.5. The molecule has 0 aliphatic carbocycles. The topological polar surface area (TPSA) is 50.9 Å². The van der Waals surface area contributed by atoms with Gasteiger partial charge in [0, 0.05) is 42.6 Å². The molecule has 0 saturated heterocycles. The standard InChI is InChI=1S/C63H54N3O.Pt/c1-41-35-45(29-31-51(41)43-21-13-9-14-22-43)46-33-34-64-56(39-46)49-37-47(42-19-11-8-12-20-42)36-48(38-49)52-25-18-28-58-59(52)65-61(53-26-17-27-55(60(53)67)63(5,6)7)66(58)57-32-30-50(62(2,3)4)40-54(57)44-23-15-10-16-24-44;/h8-37,39-40,67H,1-7H3;/q-1;/i1D3;. The first-order chi connectivity index (χ1) is 33.5. The summed E-state index contributed by atoms with van der Waals surface area (Å²) in [6.45, 7) is 10.7. The van der Waals surface area contributed by atoms with Crippen molar-refractivity contribution in [2.24, 2.45) is 0 Å². The predicted octanol–water partition coefficient (Wildman–Crippen LogP) is 16.5. The van der Waals surface area contributed by atoms with Crippen molar-refractivity contribution >= 4 is 11.0 Å². The third-order valence-electron chi connectivity index (χ3n) is 12.7. The van der Waals surface area contributed by atoms with E-state index in [9.17, 15) is 5.11 Å². The Bertz CT molecular complexity index is 3550. The minimum Gasteiger partial charge on any atom is -0.507 e. The Morgan fingerprint density at radius 1 is 0.515 bits per heavy atom. The van der Waals surface area contributed by atoms with E-state index in [1.807, 2.05) is 97.1 Å². The average Bonchev–Trinajstić information content (AvgIpc) is 3.75. The van der Waals surface area contributed by atoms with Crippen molar-refractivity contribution in [2.45, 2.75) is 59.2 Å². The molecule has 338 valence electrons. The second-order valence-electron chi connectivity index (χ2n) is 19.4. The molecule has 10 aromatic rings. The molecule has 2 heterocycles. The van der Waals surface area contributed by atoms with Gasteiger partial charge in [0.15, 0.2) is 0 Å².